The first kappa shape index (κ1) is 12.4. The van der Waals surface area contributed by atoms with E-state index < -0.39 is 0 Å². The molecule has 0 aromatic heterocycles. The lowest BCUT2D eigenvalue weighted by Crippen LogP contribution is -2.34. The summed E-state index contributed by atoms with van der Waals surface area (Å²) in [6.07, 6.45) is 0.982. The molecule has 4 nitrogen and oxygen atoms in total. The Balaban J connectivity index is 3.37. The molecular formula is C9H21N3O. The molecule has 0 rings (SSSR count). The van der Waals surface area contributed by atoms with E-state index in [1.807, 2.05) is 21.0 Å². The van der Waals surface area contributed by atoms with Crippen molar-refractivity contribution in [2.75, 3.05) is 33.7 Å². The molecule has 0 radical (unpaired) electrons. The molecular weight excluding hydrogens is 166 g/mol. The second-order valence-corrected chi connectivity index (χ2v) is 3.58. The van der Waals surface area contributed by atoms with Crippen LogP contribution in [0, 0.1) is 5.92 Å². The first-order valence-electron chi connectivity index (χ1n) is 4.70. The first-order chi connectivity index (χ1) is 6.07. The summed E-state index contributed by atoms with van der Waals surface area (Å²) < 4.78 is 0. The van der Waals surface area contributed by atoms with Gasteiger partial charge in [-0.3, -0.25) is 4.79 Å². The van der Waals surface area contributed by atoms with E-state index >= 15 is 0 Å². The van der Waals surface area contributed by atoms with Gasteiger partial charge in [-0.15, -0.1) is 0 Å². The minimum atomic E-state index is -0.0700. The van der Waals surface area contributed by atoms with Crippen molar-refractivity contribution in [1.82, 2.24) is 10.2 Å². The second-order valence-electron chi connectivity index (χ2n) is 3.58. The van der Waals surface area contributed by atoms with Crippen LogP contribution in [0.3, 0.4) is 0 Å². The molecule has 0 aliphatic heterocycles. The maximum atomic E-state index is 11.2. The van der Waals surface area contributed by atoms with Crippen LogP contribution >= 0.6 is 0 Å². The monoisotopic (exact) mass is 187 g/mol. The second kappa shape index (κ2) is 6.86. The van der Waals surface area contributed by atoms with Gasteiger partial charge >= 0.3 is 0 Å². The van der Waals surface area contributed by atoms with Gasteiger partial charge in [0, 0.05) is 19.0 Å². The van der Waals surface area contributed by atoms with Gasteiger partial charge in [0.2, 0.25) is 5.91 Å². The molecule has 0 heterocycles. The molecule has 78 valence electrons. The van der Waals surface area contributed by atoms with Crippen LogP contribution in [0.5, 0.6) is 0 Å². The molecule has 0 aliphatic rings. The number of carbonyl (C=O) groups is 1. The summed E-state index contributed by atoms with van der Waals surface area (Å²) in [4.78, 5) is 13.3. The number of hydrogen-bond acceptors (Lipinski definition) is 3. The predicted octanol–water partition coefficient (Wildman–Crippen LogP) is -0.351. The third-order valence-electron chi connectivity index (χ3n) is 1.88. The highest BCUT2D eigenvalue weighted by Crippen LogP contribution is 1.90. The minimum absolute atomic E-state index is 0.0567. The van der Waals surface area contributed by atoms with Crippen LogP contribution in [0.1, 0.15) is 13.3 Å². The standard InChI is InChI=1S/C9H21N3O/c1-8(7-10)9(13)11-5-4-6-12(2)3/h8H,4-7,10H2,1-3H3,(H,11,13). The highest BCUT2D eigenvalue weighted by molar-refractivity contribution is 5.78. The Morgan fingerprint density at radius 1 is 1.54 bits per heavy atom. The molecule has 1 amide bonds. The van der Waals surface area contributed by atoms with Crippen molar-refractivity contribution >= 4 is 5.91 Å². The summed E-state index contributed by atoms with van der Waals surface area (Å²) in [5, 5.41) is 2.84. The van der Waals surface area contributed by atoms with E-state index in [1.54, 1.807) is 0 Å². The molecule has 0 saturated heterocycles. The van der Waals surface area contributed by atoms with Gasteiger partial charge in [0.1, 0.15) is 0 Å². The van der Waals surface area contributed by atoms with E-state index in [-0.39, 0.29) is 11.8 Å². The van der Waals surface area contributed by atoms with E-state index in [1.165, 1.54) is 0 Å². The lowest BCUT2D eigenvalue weighted by atomic mass is 10.2. The van der Waals surface area contributed by atoms with E-state index in [9.17, 15) is 4.79 Å². The lowest BCUT2D eigenvalue weighted by molar-refractivity contribution is -0.124. The minimum Gasteiger partial charge on any atom is -0.356 e. The van der Waals surface area contributed by atoms with E-state index in [2.05, 4.69) is 10.2 Å². The molecule has 0 bridgehead atoms. The average molecular weight is 187 g/mol. The highest BCUT2D eigenvalue weighted by Gasteiger charge is 2.08. The Morgan fingerprint density at radius 2 is 2.15 bits per heavy atom. The topological polar surface area (TPSA) is 58.4 Å². The molecule has 0 fully saturated rings. The van der Waals surface area contributed by atoms with Crippen LogP contribution in [0.15, 0.2) is 0 Å². The largest absolute Gasteiger partial charge is 0.356 e. The van der Waals surface area contributed by atoms with Crippen molar-refractivity contribution in [3.05, 3.63) is 0 Å². The van der Waals surface area contributed by atoms with Gasteiger partial charge in [-0.1, -0.05) is 6.92 Å². The highest BCUT2D eigenvalue weighted by atomic mass is 16.1. The number of nitrogens with one attached hydrogen (secondary N) is 1. The van der Waals surface area contributed by atoms with Gasteiger partial charge < -0.3 is 16.0 Å². The molecule has 0 aromatic rings. The van der Waals surface area contributed by atoms with Crippen molar-refractivity contribution in [2.45, 2.75) is 13.3 Å². The van der Waals surface area contributed by atoms with Crippen molar-refractivity contribution in [3.8, 4) is 0 Å². The quantitative estimate of drug-likeness (QED) is 0.559. The Kier molecular flexibility index (Phi) is 6.54. The third-order valence-corrected chi connectivity index (χ3v) is 1.88. The third kappa shape index (κ3) is 6.54. The average Bonchev–Trinajstić information content (AvgIpc) is 2.10. The summed E-state index contributed by atoms with van der Waals surface area (Å²) in [7, 11) is 4.04. The number of rotatable bonds is 6. The predicted molar refractivity (Wildman–Crippen MR) is 54.4 cm³/mol. The Morgan fingerprint density at radius 3 is 2.62 bits per heavy atom. The number of hydrogen-bond donors (Lipinski definition) is 2. The van der Waals surface area contributed by atoms with Crippen LogP contribution in [0.4, 0.5) is 0 Å². The Hall–Kier alpha value is -0.610. The fraction of sp³-hybridized carbons (Fsp3) is 0.889. The maximum Gasteiger partial charge on any atom is 0.224 e. The molecule has 0 spiro atoms. The van der Waals surface area contributed by atoms with E-state index in [0.29, 0.717) is 6.54 Å². The molecule has 3 N–H and O–H groups in total. The zero-order valence-corrected chi connectivity index (χ0v) is 8.84. The van der Waals surface area contributed by atoms with E-state index in [4.69, 9.17) is 5.73 Å². The molecule has 4 heteroatoms. The SMILES string of the molecule is CC(CN)C(=O)NCCCN(C)C. The van der Waals surface area contributed by atoms with Crippen LogP contribution in [-0.2, 0) is 4.79 Å². The maximum absolute atomic E-state index is 11.2. The Bertz CT molecular complexity index is 148. The summed E-state index contributed by atoms with van der Waals surface area (Å²) in [5.41, 5.74) is 5.36. The molecule has 1 atom stereocenters. The van der Waals surface area contributed by atoms with Gasteiger partial charge in [0.15, 0.2) is 0 Å². The lowest BCUT2D eigenvalue weighted by Gasteiger charge is -2.11. The van der Waals surface area contributed by atoms with Crippen molar-refractivity contribution in [2.24, 2.45) is 11.7 Å². The van der Waals surface area contributed by atoms with Gasteiger partial charge in [0.05, 0.1) is 0 Å². The van der Waals surface area contributed by atoms with Gasteiger partial charge in [-0.05, 0) is 27.1 Å². The van der Waals surface area contributed by atoms with Gasteiger partial charge in [-0.2, -0.15) is 0 Å². The molecule has 0 aliphatic carbocycles. The smallest absolute Gasteiger partial charge is 0.224 e. The molecule has 0 saturated carbocycles. The summed E-state index contributed by atoms with van der Waals surface area (Å²) in [6, 6.07) is 0. The summed E-state index contributed by atoms with van der Waals surface area (Å²) in [5.74, 6) is -0.0133. The first-order valence-corrected chi connectivity index (χ1v) is 4.70. The van der Waals surface area contributed by atoms with Crippen LogP contribution in [-0.4, -0.2) is 44.5 Å². The van der Waals surface area contributed by atoms with Crippen molar-refractivity contribution in [3.63, 3.8) is 0 Å². The Labute approximate surface area is 80.5 Å². The molecule has 0 aromatic carbocycles. The molecule has 13 heavy (non-hydrogen) atoms. The van der Waals surface area contributed by atoms with Crippen LogP contribution < -0.4 is 11.1 Å². The number of carbonyl (C=O) groups excluding carboxylic acids is 1. The fourth-order valence-corrected chi connectivity index (χ4v) is 0.888. The van der Waals surface area contributed by atoms with Gasteiger partial charge in [-0.25, -0.2) is 0 Å². The van der Waals surface area contributed by atoms with Gasteiger partial charge in [0.25, 0.3) is 0 Å². The zero-order chi connectivity index (χ0) is 10.3. The van der Waals surface area contributed by atoms with Crippen LogP contribution in [0.25, 0.3) is 0 Å². The summed E-state index contributed by atoms with van der Waals surface area (Å²) in [6.45, 7) is 3.99. The van der Waals surface area contributed by atoms with Crippen molar-refractivity contribution < 1.29 is 4.79 Å². The van der Waals surface area contributed by atoms with E-state index in [0.717, 1.165) is 19.5 Å². The number of nitrogens with two attached hydrogens (primary N) is 1. The van der Waals surface area contributed by atoms with Crippen molar-refractivity contribution in [1.29, 1.82) is 0 Å². The zero-order valence-electron chi connectivity index (χ0n) is 8.84. The number of amides is 1. The summed E-state index contributed by atoms with van der Waals surface area (Å²) >= 11 is 0. The molecule has 1 unspecified atom stereocenters. The van der Waals surface area contributed by atoms with Crippen LogP contribution in [0.2, 0.25) is 0 Å². The fourth-order valence-electron chi connectivity index (χ4n) is 0.888. The normalized spacial score (nSPS) is 13.0. The number of nitrogens with zero attached hydrogens (tertiary/aromatic N) is 1.